The number of anilines is 2. The highest BCUT2D eigenvalue weighted by Gasteiger charge is 2.23. The summed E-state index contributed by atoms with van der Waals surface area (Å²) < 4.78 is 0. The number of carbonyl (C=O) groups is 1. The minimum Gasteiger partial charge on any atom is -0.367 e. The number of aromatic nitrogens is 2. The summed E-state index contributed by atoms with van der Waals surface area (Å²) in [4.78, 5) is 23.6. The third-order valence-corrected chi connectivity index (χ3v) is 5.81. The zero-order chi connectivity index (χ0) is 21.1. The first kappa shape index (κ1) is 20.1. The fraction of sp³-hybridized carbons (Fsp3) is 0.375. The zero-order valence-corrected chi connectivity index (χ0v) is 17.9. The summed E-state index contributed by atoms with van der Waals surface area (Å²) in [5.41, 5.74) is 2.87. The van der Waals surface area contributed by atoms with E-state index in [2.05, 4.69) is 40.7 Å². The summed E-state index contributed by atoms with van der Waals surface area (Å²) in [5, 5.41) is 7.96. The van der Waals surface area contributed by atoms with Crippen molar-refractivity contribution in [2.45, 2.75) is 44.7 Å². The number of pyridine rings is 2. The van der Waals surface area contributed by atoms with Gasteiger partial charge in [0.05, 0.1) is 11.1 Å². The molecule has 2 aromatic heterocycles. The third kappa shape index (κ3) is 4.53. The van der Waals surface area contributed by atoms with Crippen LogP contribution in [0.25, 0.3) is 10.9 Å². The van der Waals surface area contributed by atoms with Crippen molar-refractivity contribution >= 4 is 28.4 Å². The zero-order valence-electron chi connectivity index (χ0n) is 17.9. The molecule has 6 nitrogen and oxygen atoms in total. The molecule has 6 heteroatoms. The van der Waals surface area contributed by atoms with Crippen LogP contribution < -0.4 is 15.5 Å². The molecule has 156 valence electrons. The standard InChI is InChI=1S/C24H29N5O/c1-16-14-22(28-21-7-5-4-6-20(16)21)26-18-9-11-19(12-10-18)27-24(30)17-8-13-23(25-15-17)29(2)3/h4-8,13-15,18-19H,9-12H2,1-3H3,(H,26,28)(H,27,30). The van der Waals surface area contributed by atoms with Crippen molar-refractivity contribution in [2.75, 3.05) is 24.3 Å². The number of nitrogens with zero attached hydrogens (tertiary/aromatic N) is 3. The first-order chi connectivity index (χ1) is 14.5. The lowest BCUT2D eigenvalue weighted by Gasteiger charge is -2.30. The Kier molecular flexibility index (Phi) is 5.84. The quantitative estimate of drug-likeness (QED) is 0.669. The molecule has 0 atom stereocenters. The Morgan fingerprint density at radius 2 is 1.77 bits per heavy atom. The van der Waals surface area contributed by atoms with Crippen molar-refractivity contribution in [3.8, 4) is 0 Å². The maximum atomic E-state index is 12.5. The molecular weight excluding hydrogens is 374 g/mol. The molecule has 30 heavy (non-hydrogen) atoms. The number of nitrogens with one attached hydrogen (secondary N) is 2. The van der Waals surface area contributed by atoms with Crippen molar-refractivity contribution in [3.05, 3.63) is 59.8 Å². The molecule has 0 bridgehead atoms. The van der Waals surface area contributed by atoms with E-state index in [-0.39, 0.29) is 11.9 Å². The van der Waals surface area contributed by atoms with E-state index in [0.29, 0.717) is 11.6 Å². The minimum absolute atomic E-state index is 0.0453. The molecule has 1 aliphatic rings. The lowest BCUT2D eigenvalue weighted by molar-refractivity contribution is 0.0926. The molecule has 0 radical (unpaired) electrons. The number of hydrogen-bond acceptors (Lipinski definition) is 5. The van der Waals surface area contributed by atoms with Gasteiger partial charge < -0.3 is 15.5 Å². The number of hydrogen-bond donors (Lipinski definition) is 2. The third-order valence-electron chi connectivity index (χ3n) is 5.81. The molecular formula is C24H29N5O. The molecule has 4 rings (SSSR count). The predicted octanol–water partition coefficient (Wildman–Crippen LogP) is 4.16. The van der Waals surface area contributed by atoms with Gasteiger partial charge in [0.25, 0.3) is 5.91 Å². The highest BCUT2D eigenvalue weighted by molar-refractivity contribution is 5.94. The highest BCUT2D eigenvalue weighted by Crippen LogP contribution is 2.25. The van der Waals surface area contributed by atoms with E-state index in [9.17, 15) is 4.79 Å². The van der Waals surface area contributed by atoms with E-state index in [0.717, 1.165) is 42.8 Å². The Labute approximate surface area is 177 Å². The SMILES string of the molecule is Cc1cc(NC2CCC(NC(=O)c3ccc(N(C)C)nc3)CC2)nc2ccccc12. The van der Waals surface area contributed by atoms with Crippen LogP contribution in [0.15, 0.2) is 48.7 Å². The highest BCUT2D eigenvalue weighted by atomic mass is 16.1. The van der Waals surface area contributed by atoms with Gasteiger partial charge in [-0.1, -0.05) is 18.2 Å². The maximum absolute atomic E-state index is 12.5. The van der Waals surface area contributed by atoms with E-state index in [1.165, 1.54) is 10.9 Å². The van der Waals surface area contributed by atoms with Gasteiger partial charge in [-0.25, -0.2) is 9.97 Å². The van der Waals surface area contributed by atoms with E-state index >= 15 is 0 Å². The Morgan fingerprint density at radius 3 is 2.47 bits per heavy atom. The fourth-order valence-electron chi connectivity index (χ4n) is 4.07. The summed E-state index contributed by atoms with van der Waals surface area (Å²) in [6, 6.07) is 14.6. The largest absolute Gasteiger partial charge is 0.367 e. The van der Waals surface area contributed by atoms with Crippen LogP contribution in [0.4, 0.5) is 11.6 Å². The maximum Gasteiger partial charge on any atom is 0.253 e. The predicted molar refractivity (Wildman–Crippen MR) is 122 cm³/mol. The van der Waals surface area contributed by atoms with Crippen LogP contribution >= 0.6 is 0 Å². The Morgan fingerprint density at radius 1 is 1.03 bits per heavy atom. The first-order valence-electron chi connectivity index (χ1n) is 10.6. The number of fused-ring (bicyclic) bond motifs is 1. The topological polar surface area (TPSA) is 70.2 Å². The van der Waals surface area contributed by atoms with Crippen molar-refractivity contribution in [2.24, 2.45) is 0 Å². The molecule has 1 amide bonds. The van der Waals surface area contributed by atoms with Gasteiger partial charge in [-0.3, -0.25) is 4.79 Å². The molecule has 1 aliphatic carbocycles. The average Bonchev–Trinajstić information content (AvgIpc) is 2.75. The van der Waals surface area contributed by atoms with Gasteiger partial charge in [-0.15, -0.1) is 0 Å². The van der Waals surface area contributed by atoms with Gasteiger partial charge >= 0.3 is 0 Å². The number of benzene rings is 1. The van der Waals surface area contributed by atoms with Crippen molar-refractivity contribution < 1.29 is 4.79 Å². The van der Waals surface area contributed by atoms with E-state index in [4.69, 9.17) is 4.98 Å². The average molecular weight is 404 g/mol. The number of rotatable bonds is 5. The summed E-state index contributed by atoms with van der Waals surface area (Å²) >= 11 is 0. The number of amides is 1. The molecule has 2 heterocycles. The smallest absolute Gasteiger partial charge is 0.253 e. The Balaban J connectivity index is 1.31. The molecule has 0 aliphatic heterocycles. The number of para-hydroxylation sites is 1. The molecule has 0 saturated heterocycles. The monoisotopic (exact) mass is 403 g/mol. The van der Waals surface area contributed by atoms with E-state index in [1.807, 2.05) is 43.3 Å². The minimum atomic E-state index is -0.0453. The second-order valence-corrected chi connectivity index (χ2v) is 8.31. The molecule has 0 spiro atoms. The van der Waals surface area contributed by atoms with Crippen LogP contribution in [-0.2, 0) is 0 Å². The van der Waals surface area contributed by atoms with Crippen LogP contribution in [0.3, 0.4) is 0 Å². The van der Waals surface area contributed by atoms with Crippen molar-refractivity contribution in [3.63, 3.8) is 0 Å². The molecule has 3 aromatic rings. The summed E-state index contributed by atoms with van der Waals surface area (Å²) in [5.74, 6) is 1.73. The second-order valence-electron chi connectivity index (χ2n) is 8.31. The first-order valence-corrected chi connectivity index (χ1v) is 10.6. The van der Waals surface area contributed by atoms with Gasteiger partial charge in [0, 0.05) is 37.8 Å². The lowest BCUT2D eigenvalue weighted by Crippen LogP contribution is -2.40. The Hall–Kier alpha value is -3.15. The van der Waals surface area contributed by atoms with E-state index < -0.39 is 0 Å². The summed E-state index contributed by atoms with van der Waals surface area (Å²) in [7, 11) is 3.87. The van der Waals surface area contributed by atoms with Gasteiger partial charge in [0.15, 0.2) is 0 Å². The normalized spacial score (nSPS) is 18.8. The molecule has 1 fully saturated rings. The summed E-state index contributed by atoms with van der Waals surface area (Å²) in [6.45, 7) is 2.13. The molecule has 1 aromatic carbocycles. The molecule has 1 saturated carbocycles. The van der Waals surface area contributed by atoms with Gasteiger partial charge in [-0.2, -0.15) is 0 Å². The van der Waals surface area contributed by atoms with Crippen LogP contribution in [-0.4, -0.2) is 42.1 Å². The Bertz CT molecular complexity index is 1020. The lowest BCUT2D eigenvalue weighted by atomic mass is 9.91. The summed E-state index contributed by atoms with van der Waals surface area (Å²) in [6.07, 6.45) is 5.58. The molecule has 0 unspecified atom stereocenters. The van der Waals surface area contributed by atoms with Gasteiger partial charge in [0.1, 0.15) is 11.6 Å². The fourth-order valence-corrected chi connectivity index (χ4v) is 4.07. The van der Waals surface area contributed by atoms with Crippen molar-refractivity contribution in [1.29, 1.82) is 0 Å². The van der Waals surface area contributed by atoms with Crippen molar-refractivity contribution in [1.82, 2.24) is 15.3 Å². The van der Waals surface area contributed by atoms with Crippen LogP contribution in [0.1, 0.15) is 41.6 Å². The van der Waals surface area contributed by atoms with Gasteiger partial charge in [0.2, 0.25) is 0 Å². The number of carbonyl (C=O) groups excluding carboxylic acids is 1. The van der Waals surface area contributed by atoms with Crippen LogP contribution in [0.2, 0.25) is 0 Å². The van der Waals surface area contributed by atoms with E-state index in [1.54, 1.807) is 6.20 Å². The second kappa shape index (κ2) is 8.69. The van der Waals surface area contributed by atoms with Crippen LogP contribution in [0.5, 0.6) is 0 Å². The molecule has 2 N–H and O–H groups in total. The van der Waals surface area contributed by atoms with Gasteiger partial charge in [-0.05, 0) is 62.4 Å². The number of aryl methyl sites for hydroxylation is 1. The van der Waals surface area contributed by atoms with Crippen LogP contribution in [0, 0.1) is 6.92 Å².